The third kappa shape index (κ3) is 2.26. The average molecular weight is 203 g/mol. The molecule has 2 N–H and O–H groups in total. The summed E-state index contributed by atoms with van der Waals surface area (Å²) in [7, 11) is 0. The molecule has 2 atom stereocenters. The number of rotatable bonds is 2. The number of benzene rings is 1. The summed E-state index contributed by atoms with van der Waals surface area (Å²) in [6.45, 7) is 0.502. The van der Waals surface area contributed by atoms with E-state index in [1.54, 1.807) is 0 Å². The molecule has 0 bridgehead atoms. The van der Waals surface area contributed by atoms with Crippen molar-refractivity contribution < 1.29 is 4.79 Å². The largest absolute Gasteiger partial charge is 0.330 e. The average Bonchev–Trinajstić information content (AvgIpc) is 2.31. The maximum atomic E-state index is 11.5. The van der Waals surface area contributed by atoms with Gasteiger partial charge in [-0.3, -0.25) is 4.79 Å². The lowest BCUT2D eigenvalue weighted by atomic mass is 9.77. The van der Waals surface area contributed by atoms with Gasteiger partial charge in [0.15, 0.2) is 0 Å². The summed E-state index contributed by atoms with van der Waals surface area (Å²) in [5, 5.41) is 0. The van der Waals surface area contributed by atoms with Gasteiger partial charge in [-0.25, -0.2) is 0 Å². The zero-order chi connectivity index (χ0) is 10.7. The van der Waals surface area contributed by atoms with Crippen molar-refractivity contribution in [2.75, 3.05) is 6.54 Å². The third-order valence-corrected chi connectivity index (χ3v) is 3.32. The van der Waals surface area contributed by atoms with E-state index in [1.165, 1.54) is 5.56 Å². The lowest BCUT2D eigenvalue weighted by molar-refractivity contribution is -0.124. The molecule has 0 saturated heterocycles. The zero-order valence-electron chi connectivity index (χ0n) is 8.86. The van der Waals surface area contributed by atoms with Crippen LogP contribution < -0.4 is 5.73 Å². The van der Waals surface area contributed by atoms with Gasteiger partial charge >= 0.3 is 0 Å². The van der Waals surface area contributed by atoms with Crippen LogP contribution in [-0.4, -0.2) is 12.3 Å². The van der Waals surface area contributed by atoms with Gasteiger partial charge in [0.2, 0.25) is 0 Å². The molecule has 2 heteroatoms. The Kier molecular flexibility index (Phi) is 3.17. The predicted molar refractivity (Wildman–Crippen MR) is 60.6 cm³/mol. The fourth-order valence-corrected chi connectivity index (χ4v) is 2.37. The summed E-state index contributed by atoms with van der Waals surface area (Å²) >= 11 is 0. The molecule has 1 aliphatic rings. The van der Waals surface area contributed by atoms with E-state index >= 15 is 0 Å². The van der Waals surface area contributed by atoms with Crippen molar-refractivity contribution in [3.05, 3.63) is 35.9 Å². The fourth-order valence-electron chi connectivity index (χ4n) is 2.37. The van der Waals surface area contributed by atoms with Gasteiger partial charge < -0.3 is 5.73 Å². The molecule has 1 saturated carbocycles. The number of hydrogen-bond donors (Lipinski definition) is 1. The SMILES string of the molecule is NC[C@H]1C[C@@H](c2ccccc2)CCC1=O. The first-order chi connectivity index (χ1) is 7.31. The van der Waals surface area contributed by atoms with Crippen LogP contribution in [0, 0.1) is 5.92 Å². The highest BCUT2D eigenvalue weighted by Crippen LogP contribution is 2.33. The van der Waals surface area contributed by atoms with Gasteiger partial charge in [-0.05, 0) is 24.3 Å². The molecule has 0 aromatic heterocycles. The van der Waals surface area contributed by atoms with Crippen molar-refractivity contribution in [3.63, 3.8) is 0 Å². The lowest BCUT2D eigenvalue weighted by Crippen LogP contribution is -2.29. The van der Waals surface area contributed by atoms with E-state index in [0.717, 1.165) is 12.8 Å². The summed E-state index contributed by atoms with van der Waals surface area (Å²) in [5.74, 6) is 0.964. The second kappa shape index (κ2) is 4.58. The lowest BCUT2D eigenvalue weighted by Gasteiger charge is -2.27. The van der Waals surface area contributed by atoms with Gasteiger partial charge in [-0.1, -0.05) is 30.3 Å². The highest BCUT2D eigenvalue weighted by Gasteiger charge is 2.28. The van der Waals surface area contributed by atoms with Crippen LogP contribution in [0.2, 0.25) is 0 Å². The van der Waals surface area contributed by atoms with Crippen molar-refractivity contribution in [2.24, 2.45) is 11.7 Å². The van der Waals surface area contributed by atoms with Crippen LogP contribution in [-0.2, 0) is 4.79 Å². The maximum Gasteiger partial charge on any atom is 0.137 e. The summed E-state index contributed by atoms with van der Waals surface area (Å²) in [4.78, 5) is 11.5. The Morgan fingerprint density at radius 1 is 1.27 bits per heavy atom. The number of ketones is 1. The summed E-state index contributed by atoms with van der Waals surface area (Å²) in [5.41, 5.74) is 6.96. The van der Waals surface area contributed by atoms with Crippen molar-refractivity contribution in [1.29, 1.82) is 0 Å². The fraction of sp³-hybridized carbons (Fsp3) is 0.462. The summed E-state index contributed by atoms with van der Waals surface area (Å²) < 4.78 is 0. The van der Waals surface area contributed by atoms with Crippen molar-refractivity contribution >= 4 is 5.78 Å². The summed E-state index contributed by atoms with van der Waals surface area (Å²) in [6, 6.07) is 10.4. The highest BCUT2D eigenvalue weighted by molar-refractivity contribution is 5.82. The maximum absolute atomic E-state index is 11.5. The Morgan fingerprint density at radius 2 is 2.00 bits per heavy atom. The predicted octanol–water partition coefficient (Wildman–Crippen LogP) is 2.10. The van der Waals surface area contributed by atoms with E-state index in [-0.39, 0.29) is 5.92 Å². The zero-order valence-corrected chi connectivity index (χ0v) is 8.86. The van der Waals surface area contributed by atoms with Gasteiger partial charge in [0.05, 0.1) is 0 Å². The summed E-state index contributed by atoms with van der Waals surface area (Å²) in [6.07, 6.45) is 2.61. The molecule has 1 aromatic rings. The van der Waals surface area contributed by atoms with E-state index in [9.17, 15) is 4.79 Å². The van der Waals surface area contributed by atoms with E-state index in [1.807, 2.05) is 6.07 Å². The number of carbonyl (C=O) groups is 1. The molecule has 1 fully saturated rings. The Labute approximate surface area is 90.5 Å². The molecule has 0 unspecified atom stereocenters. The molecule has 0 heterocycles. The van der Waals surface area contributed by atoms with E-state index in [4.69, 9.17) is 5.73 Å². The monoisotopic (exact) mass is 203 g/mol. The molecule has 15 heavy (non-hydrogen) atoms. The molecule has 1 aromatic carbocycles. The first kappa shape index (κ1) is 10.4. The van der Waals surface area contributed by atoms with Crippen molar-refractivity contribution in [1.82, 2.24) is 0 Å². The highest BCUT2D eigenvalue weighted by atomic mass is 16.1. The second-order valence-electron chi connectivity index (χ2n) is 4.28. The number of nitrogens with two attached hydrogens (primary N) is 1. The molecule has 0 radical (unpaired) electrons. The molecule has 1 aliphatic carbocycles. The first-order valence-electron chi connectivity index (χ1n) is 5.59. The number of carbonyl (C=O) groups excluding carboxylic acids is 1. The van der Waals surface area contributed by atoms with Gasteiger partial charge in [0.25, 0.3) is 0 Å². The Balaban J connectivity index is 2.09. The van der Waals surface area contributed by atoms with Crippen molar-refractivity contribution in [3.8, 4) is 0 Å². The minimum Gasteiger partial charge on any atom is -0.330 e. The first-order valence-corrected chi connectivity index (χ1v) is 5.59. The van der Waals surface area contributed by atoms with Crippen LogP contribution in [0.4, 0.5) is 0 Å². The number of Topliss-reactive ketones (excluding diaryl/α,β-unsaturated/α-hetero) is 1. The van der Waals surface area contributed by atoms with Crippen LogP contribution in [0.5, 0.6) is 0 Å². The molecule has 0 amide bonds. The minimum atomic E-state index is 0.0870. The Bertz CT molecular complexity index is 334. The quantitative estimate of drug-likeness (QED) is 0.799. The van der Waals surface area contributed by atoms with Crippen LogP contribution in [0.3, 0.4) is 0 Å². The molecule has 80 valence electrons. The van der Waals surface area contributed by atoms with Crippen LogP contribution in [0.15, 0.2) is 30.3 Å². The Morgan fingerprint density at radius 3 is 2.67 bits per heavy atom. The molecular formula is C13H17NO. The Hall–Kier alpha value is -1.15. The van der Waals surface area contributed by atoms with Gasteiger partial charge in [-0.15, -0.1) is 0 Å². The minimum absolute atomic E-state index is 0.0870. The van der Waals surface area contributed by atoms with Crippen LogP contribution >= 0.6 is 0 Å². The molecule has 2 nitrogen and oxygen atoms in total. The number of hydrogen-bond acceptors (Lipinski definition) is 2. The second-order valence-corrected chi connectivity index (χ2v) is 4.28. The molecular weight excluding hydrogens is 186 g/mol. The van der Waals surface area contributed by atoms with Crippen LogP contribution in [0.1, 0.15) is 30.7 Å². The van der Waals surface area contributed by atoms with E-state index in [2.05, 4.69) is 24.3 Å². The molecule has 0 spiro atoms. The van der Waals surface area contributed by atoms with Gasteiger partial charge in [-0.2, -0.15) is 0 Å². The van der Waals surface area contributed by atoms with E-state index < -0.39 is 0 Å². The molecule has 2 rings (SSSR count). The standard InChI is InChI=1S/C13H17NO/c14-9-12-8-11(6-7-13(12)15)10-4-2-1-3-5-10/h1-5,11-12H,6-9,14H2/t11-,12+/m0/s1. The van der Waals surface area contributed by atoms with Gasteiger partial charge in [0, 0.05) is 18.9 Å². The van der Waals surface area contributed by atoms with Crippen molar-refractivity contribution in [2.45, 2.75) is 25.2 Å². The van der Waals surface area contributed by atoms with Gasteiger partial charge in [0.1, 0.15) is 5.78 Å². The topological polar surface area (TPSA) is 43.1 Å². The van der Waals surface area contributed by atoms with Crippen LogP contribution in [0.25, 0.3) is 0 Å². The smallest absolute Gasteiger partial charge is 0.137 e. The normalized spacial score (nSPS) is 26.6. The third-order valence-electron chi connectivity index (χ3n) is 3.32. The molecule has 0 aliphatic heterocycles. The van der Waals surface area contributed by atoms with E-state index in [0.29, 0.717) is 24.7 Å².